The van der Waals surface area contributed by atoms with Gasteiger partial charge in [-0.05, 0) is 42.5 Å². The van der Waals surface area contributed by atoms with E-state index >= 15 is 0 Å². The number of carbonyl (C=O) groups excluding carboxylic acids is 3. The van der Waals surface area contributed by atoms with E-state index in [9.17, 15) is 14.4 Å². The van der Waals surface area contributed by atoms with Crippen LogP contribution in [-0.2, 0) is 6.54 Å². The number of hydrogen-bond acceptors (Lipinski definition) is 5. The molecule has 0 N–H and O–H groups in total. The topological polar surface area (TPSA) is 74.1 Å². The molecule has 0 unspecified atom stereocenters. The van der Waals surface area contributed by atoms with Crippen molar-refractivity contribution in [2.24, 2.45) is 0 Å². The van der Waals surface area contributed by atoms with Crippen molar-refractivity contribution < 1.29 is 18.8 Å². The Labute approximate surface area is 179 Å². The number of rotatable bonds is 4. The molecule has 3 heterocycles. The molecular formula is C24H21N3O4. The molecule has 2 aliphatic rings. The second-order valence-corrected chi connectivity index (χ2v) is 7.65. The lowest BCUT2D eigenvalue weighted by molar-refractivity contribution is 0.0631. The lowest BCUT2D eigenvalue weighted by atomic mass is 10.0. The Balaban J connectivity index is 1.30. The van der Waals surface area contributed by atoms with Crippen molar-refractivity contribution in [1.82, 2.24) is 9.80 Å². The van der Waals surface area contributed by atoms with Crippen LogP contribution >= 0.6 is 0 Å². The first kappa shape index (κ1) is 19.1. The monoisotopic (exact) mass is 415 g/mol. The molecule has 0 bridgehead atoms. The van der Waals surface area contributed by atoms with Gasteiger partial charge in [0, 0.05) is 37.4 Å². The molecule has 1 saturated heterocycles. The number of para-hydroxylation sites is 1. The average Bonchev–Trinajstić information content (AvgIpc) is 3.42. The fourth-order valence-corrected chi connectivity index (χ4v) is 4.11. The highest BCUT2D eigenvalue weighted by Crippen LogP contribution is 2.26. The number of furan rings is 1. The van der Waals surface area contributed by atoms with Crippen molar-refractivity contribution in [2.45, 2.75) is 6.54 Å². The van der Waals surface area contributed by atoms with E-state index in [0.29, 0.717) is 30.0 Å². The van der Waals surface area contributed by atoms with E-state index in [0.717, 1.165) is 23.7 Å². The van der Waals surface area contributed by atoms with E-state index in [-0.39, 0.29) is 23.9 Å². The van der Waals surface area contributed by atoms with Crippen LogP contribution in [0, 0.1) is 0 Å². The van der Waals surface area contributed by atoms with Gasteiger partial charge in [-0.15, -0.1) is 0 Å². The van der Waals surface area contributed by atoms with Gasteiger partial charge < -0.3 is 14.2 Å². The molecule has 5 rings (SSSR count). The molecule has 7 heteroatoms. The van der Waals surface area contributed by atoms with E-state index in [1.165, 1.54) is 6.26 Å². The van der Waals surface area contributed by atoms with Crippen molar-refractivity contribution >= 4 is 23.4 Å². The number of carbonyl (C=O) groups is 3. The predicted octanol–water partition coefficient (Wildman–Crippen LogP) is 3.04. The number of benzene rings is 2. The minimum Gasteiger partial charge on any atom is -0.467 e. The summed E-state index contributed by atoms with van der Waals surface area (Å²) < 4.78 is 5.26. The van der Waals surface area contributed by atoms with Gasteiger partial charge in [0.25, 0.3) is 17.7 Å². The SMILES string of the molecule is O=C(c1ccc2c(c1)C(=O)N(Cc1ccco1)C2=O)N1CCN(c2ccccc2)CC1. The molecule has 7 nitrogen and oxygen atoms in total. The highest BCUT2D eigenvalue weighted by atomic mass is 16.3. The Morgan fingerprint density at radius 2 is 1.58 bits per heavy atom. The Bertz CT molecular complexity index is 1130. The van der Waals surface area contributed by atoms with Crippen LogP contribution in [0.4, 0.5) is 5.69 Å². The summed E-state index contributed by atoms with van der Waals surface area (Å²) >= 11 is 0. The van der Waals surface area contributed by atoms with Crippen LogP contribution in [0.1, 0.15) is 36.8 Å². The van der Waals surface area contributed by atoms with Crippen molar-refractivity contribution in [3.05, 3.63) is 89.4 Å². The number of piperazine rings is 1. The van der Waals surface area contributed by atoms with Crippen LogP contribution in [0.5, 0.6) is 0 Å². The third kappa shape index (κ3) is 3.48. The summed E-state index contributed by atoms with van der Waals surface area (Å²) in [4.78, 5) is 43.7. The van der Waals surface area contributed by atoms with Crippen LogP contribution in [0.3, 0.4) is 0 Å². The quantitative estimate of drug-likeness (QED) is 0.613. The fraction of sp³-hybridized carbons (Fsp3) is 0.208. The molecule has 0 atom stereocenters. The molecule has 0 radical (unpaired) electrons. The highest BCUT2D eigenvalue weighted by Gasteiger charge is 2.37. The molecule has 1 fully saturated rings. The lowest BCUT2D eigenvalue weighted by Gasteiger charge is -2.36. The van der Waals surface area contributed by atoms with Crippen LogP contribution in [0.25, 0.3) is 0 Å². The van der Waals surface area contributed by atoms with Gasteiger partial charge in [-0.25, -0.2) is 0 Å². The van der Waals surface area contributed by atoms with Crippen LogP contribution in [0.15, 0.2) is 71.3 Å². The summed E-state index contributed by atoms with van der Waals surface area (Å²) in [5.41, 5.74) is 2.16. The Kier molecular flexibility index (Phi) is 4.78. The van der Waals surface area contributed by atoms with Crippen LogP contribution in [0.2, 0.25) is 0 Å². The fourth-order valence-electron chi connectivity index (χ4n) is 4.11. The molecule has 1 aromatic heterocycles. The molecule has 3 aromatic rings. The number of anilines is 1. The molecular weight excluding hydrogens is 394 g/mol. The number of nitrogens with zero attached hydrogens (tertiary/aromatic N) is 3. The summed E-state index contributed by atoms with van der Waals surface area (Å²) in [5, 5.41) is 0. The van der Waals surface area contributed by atoms with E-state index in [4.69, 9.17) is 4.42 Å². The molecule has 2 aliphatic heterocycles. The minimum atomic E-state index is -0.403. The Hall–Kier alpha value is -3.87. The third-order valence-corrected chi connectivity index (χ3v) is 5.80. The van der Waals surface area contributed by atoms with Gasteiger partial charge in [-0.1, -0.05) is 18.2 Å². The summed E-state index contributed by atoms with van der Waals surface area (Å²) in [5.74, 6) is -0.367. The normalized spacial score (nSPS) is 16.1. The Morgan fingerprint density at radius 1 is 0.839 bits per heavy atom. The maximum atomic E-state index is 13.1. The number of amides is 3. The van der Waals surface area contributed by atoms with Crippen LogP contribution in [-0.4, -0.2) is 53.7 Å². The third-order valence-electron chi connectivity index (χ3n) is 5.80. The number of imide groups is 1. The standard InChI is InChI=1S/C24H21N3O4/c28-22(26-12-10-25(11-13-26)18-5-2-1-3-6-18)17-8-9-20-21(15-17)24(30)27(23(20)29)16-19-7-4-14-31-19/h1-9,14-15H,10-13,16H2. The first-order valence-corrected chi connectivity index (χ1v) is 10.2. The molecule has 0 spiro atoms. The van der Waals surface area contributed by atoms with Gasteiger partial charge in [0.2, 0.25) is 0 Å². The zero-order valence-electron chi connectivity index (χ0n) is 16.9. The minimum absolute atomic E-state index is 0.0735. The summed E-state index contributed by atoms with van der Waals surface area (Å²) in [6, 6.07) is 18.3. The van der Waals surface area contributed by atoms with E-state index in [1.54, 1.807) is 35.2 Å². The van der Waals surface area contributed by atoms with Crippen molar-refractivity contribution in [1.29, 1.82) is 0 Å². The van der Waals surface area contributed by atoms with Gasteiger partial charge in [0.1, 0.15) is 5.76 Å². The number of fused-ring (bicyclic) bond motifs is 1. The maximum Gasteiger partial charge on any atom is 0.261 e. The van der Waals surface area contributed by atoms with E-state index < -0.39 is 5.91 Å². The Morgan fingerprint density at radius 3 is 2.29 bits per heavy atom. The maximum absolute atomic E-state index is 13.1. The molecule has 2 aromatic carbocycles. The number of hydrogen-bond donors (Lipinski definition) is 0. The molecule has 31 heavy (non-hydrogen) atoms. The lowest BCUT2D eigenvalue weighted by Crippen LogP contribution is -2.48. The van der Waals surface area contributed by atoms with Gasteiger partial charge in [-0.3, -0.25) is 19.3 Å². The molecule has 3 amide bonds. The summed E-state index contributed by atoms with van der Waals surface area (Å²) in [6.45, 7) is 2.76. The van der Waals surface area contributed by atoms with E-state index in [2.05, 4.69) is 17.0 Å². The zero-order valence-corrected chi connectivity index (χ0v) is 16.9. The molecule has 0 saturated carbocycles. The van der Waals surface area contributed by atoms with E-state index in [1.807, 2.05) is 18.2 Å². The largest absolute Gasteiger partial charge is 0.467 e. The smallest absolute Gasteiger partial charge is 0.261 e. The molecule has 156 valence electrons. The first-order valence-electron chi connectivity index (χ1n) is 10.2. The van der Waals surface area contributed by atoms with Gasteiger partial charge in [0.05, 0.1) is 23.9 Å². The van der Waals surface area contributed by atoms with Gasteiger partial charge >= 0.3 is 0 Å². The second kappa shape index (κ2) is 7.75. The van der Waals surface area contributed by atoms with Crippen LogP contribution < -0.4 is 4.90 Å². The average molecular weight is 415 g/mol. The molecule has 0 aliphatic carbocycles. The summed E-state index contributed by atoms with van der Waals surface area (Å²) in [7, 11) is 0. The predicted molar refractivity (Wildman–Crippen MR) is 114 cm³/mol. The first-order chi connectivity index (χ1) is 15.1. The highest BCUT2D eigenvalue weighted by molar-refractivity contribution is 6.22. The van der Waals surface area contributed by atoms with Crippen molar-refractivity contribution in [3.63, 3.8) is 0 Å². The zero-order chi connectivity index (χ0) is 21.4. The second-order valence-electron chi connectivity index (χ2n) is 7.65. The van der Waals surface area contributed by atoms with Gasteiger partial charge in [0.15, 0.2) is 0 Å². The van der Waals surface area contributed by atoms with Crippen molar-refractivity contribution in [2.75, 3.05) is 31.1 Å². The summed E-state index contributed by atoms with van der Waals surface area (Å²) in [6.07, 6.45) is 1.50. The van der Waals surface area contributed by atoms with Gasteiger partial charge in [-0.2, -0.15) is 0 Å². The van der Waals surface area contributed by atoms with Crippen molar-refractivity contribution in [3.8, 4) is 0 Å².